The predicted molar refractivity (Wildman–Crippen MR) is 113 cm³/mol. The van der Waals surface area contributed by atoms with Crippen molar-refractivity contribution in [2.75, 3.05) is 39.4 Å². The van der Waals surface area contributed by atoms with E-state index in [1.54, 1.807) is 6.07 Å². The van der Waals surface area contributed by atoms with Crippen LogP contribution in [0.25, 0.3) is 0 Å². The van der Waals surface area contributed by atoms with Crippen molar-refractivity contribution in [3.05, 3.63) is 29.3 Å². The molecule has 1 aromatic carbocycles. The van der Waals surface area contributed by atoms with Gasteiger partial charge in [-0.15, -0.1) is 0 Å². The summed E-state index contributed by atoms with van der Waals surface area (Å²) in [6.07, 6.45) is 3.76. The van der Waals surface area contributed by atoms with Crippen molar-refractivity contribution in [3.63, 3.8) is 0 Å². The zero-order valence-electron chi connectivity index (χ0n) is 17.7. The van der Waals surface area contributed by atoms with E-state index >= 15 is 0 Å². The molecule has 0 saturated heterocycles. The average Bonchev–Trinajstić information content (AvgIpc) is 2.71. The highest BCUT2D eigenvalue weighted by Crippen LogP contribution is 2.25. The Hall–Kier alpha value is -2.12. The number of nitrogens with one attached hydrogen (secondary N) is 2. The highest BCUT2D eigenvalue weighted by atomic mass is 16.5. The van der Waals surface area contributed by atoms with Gasteiger partial charge in [-0.05, 0) is 50.3 Å². The van der Waals surface area contributed by atoms with Gasteiger partial charge in [-0.1, -0.05) is 19.9 Å². The number of nitrogens with zero attached hydrogens (tertiary/aromatic N) is 1. The Morgan fingerprint density at radius 3 is 2.86 bits per heavy atom. The van der Waals surface area contributed by atoms with Gasteiger partial charge in [0.2, 0.25) is 5.91 Å². The molecule has 0 radical (unpaired) electrons. The molecule has 7 nitrogen and oxygen atoms in total. The lowest BCUT2D eigenvalue weighted by Crippen LogP contribution is -2.38. The van der Waals surface area contributed by atoms with Gasteiger partial charge in [0.1, 0.15) is 5.75 Å². The minimum atomic E-state index is -0.239. The molecule has 0 spiro atoms. The van der Waals surface area contributed by atoms with Crippen molar-refractivity contribution in [1.82, 2.24) is 15.5 Å². The van der Waals surface area contributed by atoms with E-state index in [1.807, 2.05) is 12.1 Å². The Labute approximate surface area is 173 Å². The van der Waals surface area contributed by atoms with Gasteiger partial charge in [-0.3, -0.25) is 14.5 Å². The molecule has 1 aromatic rings. The van der Waals surface area contributed by atoms with Crippen molar-refractivity contribution < 1.29 is 19.4 Å². The first-order chi connectivity index (χ1) is 14.0. The number of hydrogen-bond acceptors (Lipinski definition) is 5. The topological polar surface area (TPSA) is 90.9 Å². The van der Waals surface area contributed by atoms with E-state index in [0.29, 0.717) is 43.5 Å². The van der Waals surface area contributed by atoms with Gasteiger partial charge in [0, 0.05) is 30.8 Å². The zero-order chi connectivity index (χ0) is 21.1. The number of ether oxygens (including phenoxy) is 1. The fraction of sp³-hybridized carbons (Fsp3) is 0.636. The first-order valence-electron chi connectivity index (χ1n) is 10.6. The Morgan fingerprint density at radius 1 is 1.28 bits per heavy atom. The van der Waals surface area contributed by atoms with Crippen LogP contribution < -0.4 is 15.4 Å². The molecule has 0 atom stereocenters. The summed E-state index contributed by atoms with van der Waals surface area (Å²) >= 11 is 0. The molecule has 2 amide bonds. The number of aliphatic hydroxyl groups is 1. The molecular weight excluding hydrogens is 370 g/mol. The second kappa shape index (κ2) is 12.4. The van der Waals surface area contributed by atoms with Gasteiger partial charge in [0.15, 0.2) is 0 Å². The summed E-state index contributed by atoms with van der Waals surface area (Å²) in [4.78, 5) is 27.2. The van der Waals surface area contributed by atoms with Crippen LogP contribution >= 0.6 is 0 Å². The third-order valence-electron chi connectivity index (χ3n) is 4.95. The van der Waals surface area contributed by atoms with Gasteiger partial charge < -0.3 is 20.5 Å². The van der Waals surface area contributed by atoms with E-state index in [2.05, 4.69) is 29.4 Å². The number of carbonyl (C=O) groups excluding carboxylic acids is 2. The van der Waals surface area contributed by atoms with Crippen LogP contribution in [0.4, 0.5) is 0 Å². The number of benzene rings is 1. The maximum absolute atomic E-state index is 12.7. The number of rotatable bonds is 6. The summed E-state index contributed by atoms with van der Waals surface area (Å²) in [6.45, 7) is 7.17. The van der Waals surface area contributed by atoms with Gasteiger partial charge in [-0.2, -0.15) is 0 Å². The smallest absolute Gasteiger partial charge is 0.251 e. The Kier molecular flexibility index (Phi) is 9.94. The van der Waals surface area contributed by atoms with Crippen LogP contribution in [-0.2, 0) is 11.3 Å². The highest BCUT2D eigenvalue weighted by molar-refractivity contribution is 5.96. The first-order valence-corrected chi connectivity index (χ1v) is 10.6. The molecule has 0 aliphatic carbocycles. The quantitative estimate of drug-likeness (QED) is 0.673. The van der Waals surface area contributed by atoms with Crippen molar-refractivity contribution in [3.8, 4) is 5.75 Å². The van der Waals surface area contributed by atoms with E-state index in [0.717, 1.165) is 37.8 Å². The SMILES string of the molecule is CC(C)CCN1CC(=O)NCCCCCOc2cccc(C(=O)NCCO)c2C1. The molecule has 0 saturated carbocycles. The van der Waals surface area contributed by atoms with E-state index in [4.69, 9.17) is 9.84 Å². The molecule has 7 heteroatoms. The monoisotopic (exact) mass is 405 g/mol. The van der Waals surface area contributed by atoms with Gasteiger partial charge >= 0.3 is 0 Å². The number of carbonyl (C=O) groups is 2. The molecule has 162 valence electrons. The van der Waals surface area contributed by atoms with Crippen LogP contribution in [0, 0.1) is 5.92 Å². The van der Waals surface area contributed by atoms with Crippen LogP contribution in [0.3, 0.4) is 0 Å². The van der Waals surface area contributed by atoms with Gasteiger partial charge in [-0.25, -0.2) is 0 Å². The summed E-state index contributed by atoms with van der Waals surface area (Å²) in [5, 5.41) is 14.8. The zero-order valence-corrected chi connectivity index (χ0v) is 17.7. The number of amides is 2. The van der Waals surface area contributed by atoms with Gasteiger partial charge in [0.05, 0.1) is 19.8 Å². The van der Waals surface area contributed by atoms with Crippen LogP contribution in [0.5, 0.6) is 5.75 Å². The van der Waals surface area contributed by atoms with Gasteiger partial charge in [0.25, 0.3) is 5.91 Å². The predicted octanol–water partition coefficient (Wildman–Crippen LogP) is 1.94. The summed E-state index contributed by atoms with van der Waals surface area (Å²) < 4.78 is 6.04. The number of fused-ring (bicyclic) bond motifs is 1. The van der Waals surface area contributed by atoms with Crippen LogP contribution in [0.1, 0.15) is 55.5 Å². The summed E-state index contributed by atoms with van der Waals surface area (Å²) in [7, 11) is 0. The molecule has 2 rings (SSSR count). The van der Waals surface area contributed by atoms with Crippen molar-refractivity contribution in [2.45, 2.75) is 46.1 Å². The van der Waals surface area contributed by atoms with Crippen LogP contribution in [0.2, 0.25) is 0 Å². The molecule has 0 fully saturated rings. The first kappa shape index (κ1) is 23.2. The standard InChI is InChI=1S/C22H35N3O4/c1-17(2)9-12-25-15-19-18(22(28)24-11-13-26)7-6-8-20(19)29-14-5-3-4-10-23-21(27)16-25/h6-8,17,26H,3-5,9-16H2,1-2H3,(H,23,27)(H,24,28). The van der Waals surface area contributed by atoms with E-state index in [-0.39, 0.29) is 25.0 Å². The highest BCUT2D eigenvalue weighted by Gasteiger charge is 2.20. The maximum Gasteiger partial charge on any atom is 0.251 e. The second-order valence-electron chi connectivity index (χ2n) is 7.91. The fourth-order valence-electron chi connectivity index (χ4n) is 3.29. The number of aliphatic hydroxyl groups excluding tert-OH is 1. The largest absolute Gasteiger partial charge is 0.493 e. The van der Waals surface area contributed by atoms with E-state index in [1.165, 1.54) is 0 Å². The van der Waals surface area contributed by atoms with Crippen molar-refractivity contribution in [2.24, 2.45) is 5.92 Å². The summed E-state index contributed by atoms with van der Waals surface area (Å²) in [6, 6.07) is 5.47. The molecule has 29 heavy (non-hydrogen) atoms. The van der Waals surface area contributed by atoms with E-state index in [9.17, 15) is 9.59 Å². The normalized spacial score (nSPS) is 16.6. The lowest BCUT2D eigenvalue weighted by Gasteiger charge is -2.25. The molecular formula is C22H35N3O4. The molecule has 0 unspecified atom stereocenters. The van der Waals surface area contributed by atoms with Crippen LogP contribution in [0.15, 0.2) is 18.2 Å². The third-order valence-corrected chi connectivity index (χ3v) is 4.95. The summed E-state index contributed by atoms with van der Waals surface area (Å²) in [5.41, 5.74) is 1.32. The molecule has 1 heterocycles. The average molecular weight is 406 g/mol. The van der Waals surface area contributed by atoms with Crippen molar-refractivity contribution >= 4 is 11.8 Å². The van der Waals surface area contributed by atoms with E-state index < -0.39 is 0 Å². The Bertz CT molecular complexity index is 663. The minimum Gasteiger partial charge on any atom is -0.493 e. The van der Waals surface area contributed by atoms with Crippen LogP contribution in [-0.4, -0.2) is 61.2 Å². The maximum atomic E-state index is 12.7. The number of hydrogen-bond donors (Lipinski definition) is 3. The molecule has 3 N–H and O–H groups in total. The second-order valence-corrected chi connectivity index (χ2v) is 7.91. The fourth-order valence-corrected chi connectivity index (χ4v) is 3.29. The van der Waals surface area contributed by atoms with Crippen molar-refractivity contribution in [1.29, 1.82) is 0 Å². The Balaban J connectivity index is 2.33. The molecule has 1 aliphatic heterocycles. The lowest BCUT2D eigenvalue weighted by atomic mass is 10.0. The molecule has 0 aromatic heterocycles. The Morgan fingerprint density at radius 2 is 2.10 bits per heavy atom. The lowest BCUT2D eigenvalue weighted by molar-refractivity contribution is -0.122. The molecule has 1 aliphatic rings. The molecule has 0 bridgehead atoms. The third kappa shape index (κ3) is 8.03. The summed E-state index contributed by atoms with van der Waals surface area (Å²) in [5.74, 6) is 0.979. The minimum absolute atomic E-state index is 0.0117.